The third-order valence-electron chi connectivity index (χ3n) is 1.98. The molecule has 4 heteroatoms. The lowest BCUT2D eigenvalue weighted by Gasteiger charge is -1.99. The van der Waals surface area contributed by atoms with Gasteiger partial charge in [0, 0.05) is 12.3 Å². The fraction of sp³-hybridized carbons (Fsp3) is 0.700. The molecule has 3 nitrogen and oxygen atoms in total. The molecule has 1 rings (SSSR count). The molecular formula is C10H18N2OS. The van der Waals surface area contributed by atoms with Crippen LogP contribution in [0.2, 0.25) is 0 Å². The van der Waals surface area contributed by atoms with Crippen LogP contribution in [0.1, 0.15) is 24.3 Å². The van der Waals surface area contributed by atoms with Gasteiger partial charge in [-0.25, -0.2) is 4.98 Å². The third-order valence-corrected chi connectivity index (χ3v) is 2.88. The molecule has 80 valence electrons. The van der Waals surface area contributed by atoms with Crippen LogP contribution in [-0.2, 0) is 6.54 Å². The van der Waals surface area contributed by atoms with Crippen LogP contribution >= 0.6 is 11.8 Å². The molecule has 14 heavy (non-hydrogen) atoms. The first-order valence-electron chi connectivity index (χ1n) is 4.95. The Morgan fingerprint density at radius 3 is 2.79 bits per heavy atom. The van der Waals surface area contributed by atoms with E-state index in [0.717, 1.165) is 36.2 Å². The molecule has 0 aromatic carbocycles. The maximum absolute atomic E-state index is 5.44. The third kappa shape index (κ3) is 3.72. The second-order valence-electron chi connectivity index (χ2n) is 3.12. The topological polar surface area (TPSA) is 38.1 Å². The molecule has 0 bridgehead atoms. The van der Waals surface area contributed by atoms with Crippen molar-refractivity contribution in [2.75, 3.05) is 18.1 Å². The quantitative estimate of drug-likeness (QED) is 0.736. The highest BCUT2D eigenvalue weighted by atomic mass is 32.2. The van der Waals surface area contributed by atoms with E-state index in [4.69, 9.17) is 4.42 Å². The van der Waals surface area contributed by atoms with E-state index in [0.29, 0.717) is 0 Å². The average Bonchev–Trinajstić information content (AvgIpc) is 2.46. The van der Waals surface area contributed by atoms with Crippen molar-refractivity contribution in [3.63, 3.8) is 0 Å². The fourth-order valence-corrected chi connectivity index (χ4v) is 1.68. The van der Waals surface area contributed by atoms with Gasteiger partial charge < -0.3 is 9.73 Å². The normalized spacial score (nSPS) is 10.8. The maximum Gasteiger partial charge on any atom is 0.208 e. The predicted molar refractivity (Wildman–Crippen MR) is 60.7 cm³/mol. The Hall–Kier alpha value is -0.480. The van der Waals surface area contributed by atoms with E-state index in [1.807, 2.05) is 25.6 Å². The number of hydrogen-bond acceptors (Lipinski definition) is 4. The minimum absolute atomic E-state index is 0.735. The molecular weight excluding hydrogens is 196 g/mol. The second-order valence-corrected chi connectivity index (χ2v) is 4.52. The van der Waals surface area contributed by atoms with Gasteiger partial charge in [0.15, 0.2) is 0 Å². The standard InChI is InChI=1S/C10H18N2OS/c1-4-14-6-5-11-7-10-12-8(2)9(3)13-10/h11H,4-7H2,1-3H3. The van der Waals surface area contributed by atoms with Crippen molar-refractivity contribution in [1.29, 1.82) is 0 Å². The van der Waals surface area contributed by atoms with Crippen molar-refractivity contribution in [3.8, 4) is 0 Å². The van der Waals surface area contributed by atoms with Crippen LogP contribution < -0.4 is 5.32 Å². The average molecular weight is 214 g/mol. The van der Waals surface area contributed by atoms with Gasteiger partial charge in [-0.3, -0.25) is 0 Å². The summed E-state index contributed by atoms with van der Waals surface area (Å²) < 4.78 is 5.44. The van der Waals surface area contributed by atoms with Gasteiger partial charge in [0.1, 0.15) is 5.76 Å². The highest BCUT2D eigenvalue weighted by Gasteiger charge is 2.03. The van der Waals surface area contributed by atoms with E-state index >= 15 is 0 Å². The summed E-state index contributed by atoms with van der Waals surface area (Å²) in [7, 11) is 0. The number of aryl methyl sites for hydroxylation is 2. The van der Waals surface area contributed by atoms with Crippen molar-refractivity contribution in [2.24, 2.45) is 0 Å². The molecule has 0 radical (unpaired) electrons. The van der Waals surface area contributed by atoms with Crippen LogP contribution in [-0.4, -0.2) is 23.0 Å². The monoisotopic (exact) mass is 214 g/mol. The van der Waals surface area contributed by atoms with Crippen LogP contribution in [0.3, 0.4) is 0 Å². The molecule has 1 aromatic heterocycles. The molecule has 1 N–H and O–H groups in total. The molecule has 0 saturated carbocycles. The van der Waals surface area contributed by atoms with E-state index in [1.165, 1.54) is 5.75 Å². The smallest absolute Gasteiger partial charge is 0.208 e. The summed E-state index contributed by atoms with van der Waals surface area (Å²) >= 11 is 1.94. The van der Waals surface area contributed by atoms with Gasteiger partial charge >= 0.3 is 0 Å². The highest BCUT2D eigenvalue weighted by molar-refractivity contribution is 7.99. The second kappa shape index (κ2) is 6.09. The van der Waals surface area contributed by atoms with Gasteiger partial charge in [0.05, 0.1) is 12.2 Å². The van der Waals surface area contributed by atoms with Crippen molar-refractivity contribution >= 4 is 11.8 Å². The van der Waals surface area contributed by atoms with Gasteiger partial charge in [-0.2, -0.15) is 11.8 Å². The lowest BCUT2D eigenvalue weighted by atomic mass is 10.4. The Bertz CT molecular complexity index is 254. The summed E-state index contributed by atoms with van der Waals surface area (Å²) in [6.07, 6.45) is 0. The molecule has 0 unspecified atom stereocenters. The summed E-state index contributed by atoms with van der Waals surface area (Å²) in [6, 6.07) is 0. The largest absolute Gasteiger partial charge is 0.444 e. The first kappa shape index (κ1) is 11.6. The lowest BCUT2D eigenvalue weighted by Crippen LogP contribution is -2.16. The molecule has 0 fully saturated rings. The Morgan fingerprint density at radius 1 is 1.43 bits per heavy atom. The number of hydrogen-bond donors (Lipinski definition) is 1. The van der Waals surface area contributed by atoms with Crippen molar-refractivity contribution in [3.05, 3.63) is 17.3 Å². The zero-order valence-electron chi connectivity index (χ0n) is 9.09. The summed E-state index contributed by atoms with van der Waals surface area (Å²) in [5, 5.41) is 3.30. The van der Waals surface area contributed by atoms with E-state index in [-0.39, 0.29) is 0 Å². The minimum atomic E-state index is 0.735. The molecule has 0 atom stereocenters. The summed E-state index contributed by atoms with van der Waals surface area (Å²) in [6.45, 7) is 7.83. The Balaban J connectivity index is 2.18. The van der Waals surface area contributed by atoms with Gasteiger partial charge in [0.2, 0.25) is 5.89 Å². The molecule has 0 aliphatic heterocycles. The van der Waals surface area contributed by atoms with Crippen LogP contribution in [0, 0.1) is 13.8 Å². The number of nitrogens with one attached hydrogen (secondary N) is 1. The number of oxazole rings is 1. The number of aromatic nitrogens is 1. The van der Waals surface area contributed by atoms with E-state index < -0.39 is 0 Å². The molecule has 1 aromatic rings. The Labute approximate surface area is 89.7 Å². The van der Waals surface area contributed by atoms with E-state index in [9.17, 15) is 0 Å². The summed E-state index contributed by atoms with van der Waals surface area (Å²) in [5.74, 6) is 4.04. The molecule has 0 spiro atoms. The SMILES string of the molecule is CCSCCNCc1nc(C)c(C)o1. The van der Waals surface area contributed by atoms with Crippen molar-refractivity contribution < 1.29 is 4.42 Å². The number of thioether (sulfide) groups is 1. The van der Waals surface area contributed by atoms with Crippen LogP contribution in [0.5, 0.6) is 0 Å². The van der Waals surface area contributed by atoms with Crippen LogP contribution in [0.4, 0.5) is 0 Å². The van der Waals surface area contributed by atoms with Crippen LogP contribution in [0.25, 0.3) is 0 Å². The maximum atomic E-state index is 5.44. The van der Waals surface area contributed by atoms with Gasteiger partial charge in [-0.1, -0.05) is 6.92 Å². The van der Waals surface area contributed by atoms with Crippen LogP contribution in [0.15, 0.2) is 4.42 Å². The lowest BCUT2D eigenvalue weighted by molar-refractivity contribution is 0.452. The summed E-state index contributed by atoms with van der Waals surface area (Å²) in [4.78, 5) is 4.29. The van der Waals surface area contributed by atoms with Crippen molar-refractivity contribution in [2.45, 2.75) is 27.3 Å². The predicted octanol–water partition coefficient (Wildman–Crippen LogP) is 2.13. The number of nitrogens with zero attached hydrogens (tertiary/aromatic N) is 1. The van der Waals surface area contributed by atoms with Gasteiger partial charge in [-0.15, -0.1) is 0 Å². The van der Waals surface area contributed by atoms with Crippen molar-refractivity contribution in [1.82, 2.24) is 10.3 Å². The minimum Gasteiger partial charge on any atom is -0.444 e. The molecule has 0 amide bonds. The Morgan fingerprint density at radius 2 is 2.21 bits per heavy atom. The first-order chi connectivity index (χ1) is 6.74. The first-order valence-corrected chi connectivity index (χ1v) is 6.11. The zero-order chi connectivity index (χ0) is 10.4. The van der Waals surface area contributed by atoms with E-state index in [2.05, 4.69) is 17.2 Å². The van der Waals surface area contributed by atoms with E-state index in [1.54, 1.807) is 0 Å². The Kier molecular flexibility index (Phi) is 5.04. The van der Waals surface area contributed by atoms with Gasteiger partial charge in [-0.05, 0) is 19.6 Å². The highest BCUT2D eigenvalue weighted by Crippen LogP contribution is 2.07. The zero-order valence-corrected chi connectivity index (χ0v) is 9.91. The number of rotatable bonds is 6. The molecule has 0 aliphatic carbocycles. The molecule has 1 heterocycles. The van der Waals surface area contributed by atoms with Gasteiger partial charge in [0.25, 0.3) is 0 Å². The fourth-order valence-electron chi connectivity index (χ4n) is 1.10. The molecule has 0 saturated heterocycles. The summed E-state index contributed by atoms with van der Waals surface area (Å²) in [5.41, 5.74) is 0.990. The molecule has 0 aliphatic rings.